The van der Waals surface area contributed by atoms with Crippen LogP contribution in [0, 0.1) is 5.82 Å². The van der Waals surface area contributed by atoms with Crippen molar-refractivity contribution < 1.29 is 8.81 Å². The van der Waals surface area contributed by atoms with Gasteiger partial charge in [-0.15, -0.1) is 5.10 Å². The molecule has 0 N–H and O–H groups in total. The monoisotopic (exact) mass is 276 g/mol. The summed E-state index contributed by atoms with van der Waals surface area (Å²) >= 11 is 8.51. The number of hydrogen-bond donors (Lipinski definition) is 0. The molecule has 0 atom stereocenters. The van der Waals surface area contributed by atoms with Crippen molar-refractivity contribution in [3.63, 3.8) is 0 Å². The van der Waals surface area contributed by atoms with Gasteiger partial charge < -0.3 is 4.42 Å². The largest absolute Gasteiger partial charge is 0.407 e. The Labute approximate surface area is 92.0 Å². The van der Waals surface area contributed by atoms with Crippen molar-refractivity contribution in [1.29, 1.82) is 0 Å². The summed E-state index contributed by atoms with van der Waals surface area (Å²) in [5.41, 5.74) is 0.609. The molecule has 3 nitrogen and oxygen atoms in total. The Morgan fingerprint density at radius 2 is 2.14 bits per heavy atom. The molecule has 0 aliphatic carbocycles. The summed E-state index contributed by atoms with van der Waals surface area (Å²) in [5.74, 6) is -0.0879. The normalized spacial score (nSPS) is 10.5. The predicted octanol–water partition coefficient (Wildman–Crippen LogP) is 3.29. The van der Waals surface area contributed by atoms with E-state index in [4.69, 9.17) is 16.0 Å². The molecular formula is C8H3BrClFN2O. The molecule has 2 rings (SSSR count). The number of nitrogens with zero attached hydrogens (tertiary/aromatic N) is 2. The second-order valence-corrected chi connectivity index (χ2v) is 3.67. The summed E-state index contributed by atoms with van der Waals surface area (Å²) in [6.45, 7) is 0. The maximum absolute atomic E-state index is 12.9. The van der Waals surface area contributed by atoms with Crippen LogP contribution in [0.2, 0.25) is 5.35 Å². The summed E-state index contributed by atoms with van der Waals surface area (Å²) in [6.07, 6.45) is 0. The number of hydrogen-bond acceptors (Lipinski definition) is 3. The number of rotatable bonds is 1. The van der Waals surface area contributed by atoms with Gasteiger partial charge in [-0.1, -0.05) is 5.10 Å². The zero-order valence-electron chi connectivity index (χ0n) is 6.67. The van der Waals surface area contributed by atoms with Gasteiger partial charge in [0.1, 0.15) is 5.82 Å². The van der Waals surface area contributed by atoms with E-state index in [-0.39, 0.29) is 17.1 Å². The van der Waals surface area contributed by atoms with Crippen LogP contribution in [0.3, 0.4) is 0 Å². The molecule has 0 spiro atoms. The van der Waals surface area contributed by atoms with Gasteiger partial charge in [-0.3, -0.25) is 0 Å². The highest BCUT2D eigenvalue weighted by Crippen LogP contribution is 2.24. The third-order valence-corrected chi connectivity index (χ3v) is 2.33. The number of halogens is 3. The van der Waals surface area contributed by atoms with Crippen LogP contribution < -0.4 is 0 Å². The van der Waals surface area contributed by atoms with Crippen LogP contribution in [0.1, 0.15) is 0 Å². The first-order valence-corrected chi connectivity index (χ1v) is 4.78. The molecule has 72 valence electrons. The van der Waals surface area contributed by atoms with Crippen molar-refractivity contribution in [1.82, 2.24) is 10.2 Å². The third-order valence-electron chi connectivity index (χ3n) is 1.57. The van der Waals surface area contributed by atoms with Crippen molar-refractivity contribution in [2.75, 3.05) is 0 Å². The fourth-order valence-electron chi connectivity index (χ4n) is 0.951. The molecule has 1 heterocycles. The SMILES string of the molecule is Fc1ccc(-c2nnc(Cl)o2)cc1Br. The van der Waals surface area contributed by atoms with Gasteiger partial charge in [-0.2, -0.15) is 0 Å². The maximum Gasteiger partial charge on any atom is 0.313 e. The lowest BCUT2D eigenvalue weighted by atomic mass is 10.2. The Hall–Kier alpha value is -0.940. The molecule has 6 heteroatoms. The van der Waals surface area contributed by atoms with Crippen LogP contribution in [0.5, 0.6) is 0 Å². The van der Waals surface area contributed by atoms with Crippen LogP contribution >= 0.6 is 27.5 Å². The van der Waals surface area contributed by atoms with Crippen LogP contribution in [-0.2, 0) is 0 Å². The molecule has 2 aromatic rings. The minimum Gasteiger partial charge on any atom is -0.407 e. The molecule has 14 heavy (non-hydrogen) atoms. The third kappa shape index (κ3) is 1.78. The number of benzene rings is 1. The van der Waals surface area contributed by atoms with E-state index in [2.05, 4.69) is 26.1 Å². The quantitative estimate of drug-likeness (QED) is 0.803. The molecule has 0 fully saturated rings. The van der Waals surface area contributed by atoms with Crippen molar-refractivity contribution in [3.8, 4) is 11.5 Å². The van der Waals surface area contributed by atoms with Crippen LogP contribution in [0.15, 0.2) is 27.1 Å². The van der Waals surface area contributed by atoms with Gasteiger partial charge in [0.25, 0.3) is 0 Å². The van der Waals surface area contributed by atoms with E-state index in [9.17, 15) is 4.39 Å². The van der Waals surface area contributed by atoms with Crippen molar-refractivity contribution in [3.05, 3.63) is 33.8 Å². The highest BCUT2D eigenvalue weighted by molar-refractivity contribution is 9.10. The smallest absolute Gasteiger partial charge is 0.313 e. The topological polar surface area (TPSA) is 38.9 Å². The van der Waals surface area contributed by atoms with E-state index in [0.717, 1.165) is 0 Å². The lowest BCUT2D eigenvalue weighted by molar-refractivity contribution is 0.570. The van der Waals surface area contributed by atoms with E-state index in [1.54, 1.807) is 6.07 Å². The van der Waals surface area contributed by atoms with E-state index in [1.165, 1.54) is 12.1 Å². The van der Waals surface area contributed by atoms with E-state index in [0.29, 0.717) is 10.0 Å². The fraction of sp³-hybridized carbons (Fsp3) is 0. The molecule has 0 radical (unpaired) electrons. The van der Waals surface area contributed by atoms with Gasteiger partial charge in [0.05, 0.1) is 4.47 Å². The Morgan fingerprint density at radius 3 is 2.71 bits per heavy atom. The zero-order chi connectivity index (χ0) is 10.1. The Morgan fingerprint density at radius 1 is 1.36 bits per heavy atom. The minimum absolute atomic E-state index is 0.0413. The molecule has 0 saturated carbocycles. The molecule has 1 aromatic carbocycles. The minimum atomic E-state index is -0.348. The van der Waals surface area contributed by atoms with E-state index >= 15 is 0 Å². The first-order chi connectivity index (χ1) is 6.66. The van der Waals surface area contributed by atoms with Crippen LogP contribution in [0.4, 0.5) is 4.39 Å². The Bertz CT molecular complexity index is 474. The molecule has 0 bridgehead atoms. The first-order valence-electron chi connectivity index (χ1n) is 3.61. The van der Waals surface area contributed by atoms with Crippen molar-refractivity contribution >= 4 is 27.5 Å². The molecular weight excluding hydrogens is 274 g/mol. The molecule has 0 aliphatic heterocycles. The van der Waals surface area contributed by atoms with Gasteiger partial charge in [0.15, 0.2) is 0 Å². The van der Waals surface area contributed by atoms with E-state index in [1.807, 2.05) is 0 Å². The summed E-state index contributed by atoms with van der Waals surface area (Å²) in [7, 11) is 0. The van der Waals surface area contributed by atoms with Gasteiger partial charge in [-0.05, 0) is 45.7 Å². The highest BCUT2D eigenvalue weighted by atomic mass is 79.9. The van der Waals surface area contributed by atoms with Gasteiger partial charge in [-0.25, -0.2) is 4.39 Å². The molecule has 0 amide bonds. The lowest BCUT2D eigenvalue weighted by Gasteiger charge is -1.96. The van der Waals surface area contributed by atoms with Gasteiger partial charge in [0.2, 0.25) is 5.89 Å². The highest BCUT2D eigenvalue weighted by Gasteiger charge is 2.08. The van der Waals surface area contributed by atoms with Crippen LogP contribution in [0.25, 0.3) is 11.5 Å². The number of aromatic nitrogens is 2. The predicted molar refractivity (Wildman–Crippen MR) is 52.4 cm³/mol. The molecule has 0 saturated heterocycles. The van der Waals surface area contributed by atoms with Gasteiger partial charge >= 0.3 is 5.35 Å². The van der Waals surface area contributed by atoms with Gasteiger partial charge in [0, 0.05) is 5.56 Å². The fourth-order valence-corrected chi connectivity index (χ4v) is 1.44. The maximum atomic E-state index is 12.9. The summed E-state index contributed by atoms with van der Waals surface area (Å²) in [4.78, 5) is 0. The summed E-state index contributed by atoms with van der Waals surface area (Å²) < 4.78 is 18.2. The summed E-state index contributed by atoms with van der Waals surface area (Å²) in [5, 5.41) is 7.11. The van der Waals surface area contributed by atoms with Crippen LogP contribution in [-0.4, -0.2) is 10.2 Å². The second kappa shape index (κ2) is 3.67. The Balaban J connectivity index is 2.47. The zero-order valence-corrected chi connectivity index (χ0v) is 9.01. The average Bonchev–Trinajstić information content (AvgIpc) is 2.57. The second-order valence-electron chi connectivity index (χ2n) is 2.49. The summed E-state index contributed by atoms with van der Waals surface area (Å²) in [6, 6.07) is 4.38. The molecule has 0 aliphatic rings. The first kappa shape index (κ1) is 9.61. The average molecular weight is 277 g/mol. The molecule has 1 aromatic heterocycles. The van der Waals surface area contributed by atoms with E-state index < -0.39 is 0 Å². The molecule has 0 unspecified atom stereocenters. The van der Waals surface area contributed by atoms with Crippen molar-refractivity contribution in [2.45, 2.75) is 0 Å². The van der Waals surface area contributed by atoms with Crippen molar-refractivity contribution in [2.24, 2.45) is 0 Å². The lowest BCUT2D eigenvalue weighted by Crippen LogP contribution is -1.81. The standard InChI is InChI=1S/C8H3BrClFN2O/c9-5-3-4(1-2-6(5)11)7-12-13-8(10)14-7/h1-3H. The Kier molecular flexibility index (Phi) is 2.52.